The largest absolute Gasteiger partial charge is 0.385 e. The molecule has 0 atom stereocenters. The molecule has 1 amide bonds. The molecule has 0 saturated carbocycles. The van der Waals surface area contributed by atoms with Crippen LogP contribution >= 0.6 is 12.2 Å². The molecule has 154 valence electrons. The minimum Gasteiger partial charge on any atom is -0.385 e. The number of benzene rings is 1. The number of methoxy groups -OCH3 is 1. The Morgan fingerprint density at radius 1 is 1.34 bits per heavy atom. The molecular formula is C20H25N5O3S. The summed E-state index contributed by atoms with van der Waals surface area (Å²) in [7, 11) is 1.62. The van der Waals surface area contributed by atoms with Gasteiger partial charge in [-0.15, -0.1) is 0 Å². The molecule has 0 bridgehead atoms. The predicted octanol–water partition coefficient (Wildman–Crippen LogP) is 3.20. The summed E-state index contributed by atoms with van der Waals surface area (Å²) in [5.41, 5.74) is 0.783. The minimum absolute atomic E-state index is 0.179. The summed E-state index contributed by atoms with van der Waals surface area (Å²) in [5.74, 6) is 0.753. The molecule has 9 heteroatoms. The molecule has 0 aliphatic heterocycles. The average Bonchev–Trinajstić information content (AvgIpc) is 3.09. The standard InChI is InChI=1S/C20H25N5O3S/c1-13(2)12-25-17(7-8-21-25)23-18(26)14-5-6-15-16(11-14)22-20(29)24(19(15)27)9-4-10-28-3/h5-8,11,13H,4,9-10,12H2,1-3H3,(H,22,29)(H,23,26). The van der Waals surface area contributed by atoms with E-state index in [1.807, 2.05) is 0 Å². The quantitative estimate of drug-likeness (QED) is 0.435. The number of fused-ring (bicyclic) bond motifs is 1. The van der Waals surface area contributed by atoms with Gasteiger partial charge in [0.25, 0.3) is 11.5 Å². The van der Waals surface area contributed by atoms with E-state index >= 15 is 0 Å². The van der Waals surface area contributed by atoms with Gasteiger partial charge in [-0.05, 0) is 42.8 Å². The second-order valence-electron chi connectivity index (χ2n) is 7.24. The summed E-state index contributed by atoms with van der Waals surface area (Å²) < 4.78 is 8.63. The highest BCUT2D eigenvalue weighted by Gasteiger charge is 2.13. The van der Waals surface area contributed by atoms with Gasteiger partial charge >= 0.3 is 0 Å². The van der Waals surface area contributed by atoms with E-state index in [-0.39, 0.29) is 11.5 Å². The lowest BCUT2D eigenvalue weighted by Gasteiger charge is -2.12. The number of amides is 1. The van der Waals surface area contributed by atoms with Gasteiger partial charge in [0.05, 0.1) is 17.1 Å². The minimum atomic E-state index is -0.277. The molecular weight excluding hydrogens is 390 g/mol. The van der Waals surface area contributed by atoms with Crippen molar-refractivity contribution in [2.75, 3.05) is 19.0 Å². The average molecular weight is 416 g/mol. The Kier molecular flexibility index (Phi) is 6.60. The molecule has 0 fully saturated rings. The Morgan fingerprint density at radius 2 is 2.14 bits per heavy atom. The number of aromatic nitrogens is 4. The topological polar surface area (TPSA) is 93.9 Å². The van der Waals surface area contributed by atoms with E-state index in [0.29, 0.717) is 59.1 Å². The molecule has 0 saturated heterocycles. The van der Waals surface area contributed by atoms with Gasteiger partial charge < -0.3 is 15.0 Å². The summed E-state index contributed by atoms with van der Waals surface area (Å²) in [5, 5.41) is 7.61. The van der Waals surface area contributed by atoms with Crippen LogP contribution in [0.3, 0.4) is 0 Å². The van der Waals surface area contributed by atoms with E-state index in [1.54, 1.807) is 42.3 Å². The van der Waals surface area contributed by atoms with Crippen molar-refractivity contribution in [2.45, 2.75) is 33.4 Å². The molecule has 0 aliphatic carbocycles. The van der Waals surface area contributed by atoms with E-state index in [0.717, 1.165) is 0 Å². The summed E-state index contributed by atoms with van der Waals surface area (Å²) in [6.07, 6.45) is 2.34. The third-order valence-corrected chi connectivity index (χ3v) is 4.79. The lowest BCUT2D eigenvalue weighted by Crippen LogP contribution is -2.23. The van der Waals surface area contributed by atoms with Crippen LogP contribution in [0.5, 0.6) is 0 Å². The number of hydrogen-bond acceptors (Lipinski definition) is 5. The number of anilines is 1. The van der Waals surface area contributed by atoms with E-state index in [2.05, 4.69) is 29.2 Å². The molecule has 0 spiro atoms. The second-order valence-corrected chi connectivity index (χ2v) is 7.63. The van der Waals surface area contributed by atoms with Gasteiger partial charge in [-0.2, -0.15) is 5.10 Å². The number of nitrogens with zero attached hydrogens (tertiary/aromatic N) is 3. The van der Waals surface area contributed by atoms with Crippen LogP contribution in [0.15, 0.2) is 35.3 Å². The van der Waals surface area contributed by atoms with Gasteiger partial charge in [0.2, 0.25) is 0 Å². The van der Waals surface area contributed by atoms with Crippen LogP contribution in [0.2, 0.25) is 0 Å². The summed E-state index contributed by atoms with van der Waals surface area (Å²) in [6, 6.07) is 6.69. The normalized spacial score (nSPS) is 11.3. The van der Waals surface area contributed by atoms with Gasteiger partial charge in [-0.1, -0.05) is 13.8 Å². The van der Waals surface area contributed by atoms with Crippen LogP contribution < -0.4 is 10.9 Å². The highest BCUT2D eigenvalue weighted by atomic mass is 32.1. The van der Waals surface area contributed by atoms with E-state index in [9.17, 15) is 9.59 Å². The zero-order valence-corrected chi connectivity index (χ0v) is 17.6. The van der Waals surface area contributed by atoms with Crippen LogP contribution in [0.1, 0.15) is 30.6 Å². The molecule has 2 aromatic heterocycles. The van der Waals surface area contributed by atoms with Crippen molar-refractivity contribution >= 4 is 34.8 Å². The highest BCUT2D eigenvalue weighted by Crippen LogP contribution is 2.15. The molecule has 3 aromatic rings. The van der Waals surface area contributed by atoms with Gasteiger partial charge in [0.1, 0.15) is 5.82 Å². The van der Waals surface area contributed by atoms with Gasteiger partial charge in [-0.3, -0.25) is 14.2 Å². The number of aromatic amines is 1. The second kappa shape index (κ2) is 9.15. The molecule has 0 unspecified atom stereocenters. The maximum Gasteiger partial charge on any atom is 0.262 e. The molecule has 3 rings (SSSR count). The Labute approximate surface area is 173 Å². The van der Waals surface area contributed by atoms with E-state index < -0.39 is 0 Å². The summed E-state index contributed by atoms with van der Waals surface area (Å²) in [6.45, 7) is 5.89. The third-order valence-electron chi connectivity index (χ3n) is 4.47. The third kappa shape index (κ3) is 4.80. The molecule has 0 radical (unpaired) electrons. The molecule has 29 heavy (non-hydrogen) atoms. The van der Waals surface area contributed by atoms with Crippen LogP contribution in [0, 0.1) is 10.7 Å². The number of carbonyl (C=O) groups excluding carboxylic acids is 1. The maximum atomic E-state index is 12.8. The van der Waals surface area contributed by atoms with Crippen molar-refractivity contribution in [2.24, 2.45) is 5.92 Å². The van der Waals surface area contributed by atoms with Gasteiger partial charge in [-0.25, -0.2) is 4.68 Å². The number of nitrogens with one attached hydrogen (secondary N) is 2. The number of hydrogen-bond donors (Lipinski definition) is 2. The zero-order chi connectivity index (χ0) is 21.0. The first-order valence-corrected chi connectivity index (χ1v) is 9.90. The smallest absolute Gasteiger partial charge is 0.262 e. The van der Waals surface area contributed by atoms with Gasteiger partial charge in [0.15, 0.2) is 4.77 Å². The number of H-pyrrole nitrogens is 1. The van der Waals surface area contributed by atoms with Crippen LogP contribution in [0.4, 0.5) is 5.82 Å². The SMILES string of the molecule is COCCCn1c(=S)[nH]c2cc(C(=O)Nc3ccnn3CC(C)C)ccc2c1=O. The highest BCUT2D eigenvalue weighted by molar-refractivity contribution is 7.71. The lowest BCUT2D eigenvalue weighted by molar-refractivity contribution is 0.102. The number of carbonyl (C=O) groups is 1. The van der Waals surface area contributed by atoms with Crippen molar-refractivity contribution in [3.05, 3.63) is 51.2 Å². The summed E-state index contributed by atoms with van der Waals surface area (Å²) in [4.78, 5) is 28.5. The van der Waals surface area contributed by atoms with Crippen molar-refractivity contribution in [3.8, 4) is 0 Å². The van der Waals surface area contributed by atoms with Crippen molar-refractivity contribution in [1.82, 2.24) is 19.3 Å². The number of rotatable bonds is 8. The van der Waals surface area contributed by atoms with Gasteiger partial charge in [0, 0.05) is 38.4 Å². The monoisotopic (exact) mass is 415 g/mol. The first-order chi connectivity index (χ1) is 13.9. The van der Waals surface area contributed by atoms with E-state index in [4.69, 9.17) is 17.0 Å². The maximum absolute atomic E-state index is 12.8. The van der Waals surface area contributed by atoms with Crippen molar-refractivity contribution < 1.29 is 9.53 Å². The fourth-order valence-corrected chi connectivity index (χ4v) is 3.37. The molecule has 2 N–H and O–H groups in total. The molecule has 2 heterocycles. The van der Waals surface area contributed by atoms with Crippen LogP contribution in [-0.4, -0.2) is 39.0 Å². The first kappa shape index (κ1) is 20.9. The Bertz CT molecular complexity index is 1130. The fourth-order valence-electron chi connectivity index (χ4n) is 3.08. The van der Waals surface area contributed by atoms with E-state index in [1.165, 1.54) is 4.57 Å². The molecule has 1 aromatic carbocycles. The zero-order valence-electron chi connectivity index (χ0n) is 16.8. The Hall–Kier alpha value is -2.78. The Morgan fingerprint density at radius 3 is 2.86 bits per heavy atom. The number of ether oxygens (including phenoxy) is 1. The molecule has 0 aliphatic rings. The van der Waals surface area contributed by atoms with Crippen LogP contribution in [0.25, 0.3) is 10.9 Å². The lowest BCUT2D eigenvalue weighted by atomic mass is 10.1. The van der Waals surface area contributed by atoms with Crippen molar-refractivity contribution in [1.29, 1.82) is 0 Å². The summed E-state index contributed by atoms with van der Waals surface area (Å²) >= 11 is 5.33. The molecule has 8 nitrogen and oxygen atoms in total. The van der Waals surface area contributed by atoms with Crippen molar-refractivity contribution in [3.63, 3.8) is 0 Å². The fraction of sp³-hybridized carbons (Fsp3) is 0.400. The Balaban J connectivity index is 1.87. The predicted molar refractivity (Wildman–Crippen MR) is 115 cm³/mol. The first-order valence-electron chi connectivity index (χ1n) is 9.49. The van der Waals surface area contributed by atoms with Crippen LogP contribution in [-0.2, 0) is 17.8 Å².